The Morgan fingerprint density at radius 1 is 1.00 bits per heavy atom. The predicted molar refractivity (Wildman–Crippen MR) is 138 cm³/mol. The fourth-order valence-corrected chi connectivity index (χ4v) is 4.13. The molecule has 0 amide bonds. The Labute approximate surface area is 202 Å². The van der Waals surface area contributed by atoms with E-state index in [0.29, 0.717) is 12.3 Å². The van der Waals surface area contributed by atoms with Crippen LogP contribution < -0.4 is 15.1 Å². The summed E-state index contributed by atoms with van der Waals surface area (Å²) in [5.41, 5.74) is 2.03. The summed E-state index contributed by atoms with van der Waals surface area (Å²) in [5.74, 6) is 2.36. The number of phenols is 1. The first-order valence-corrected chi connectivity index (χ1v) is 11.0. The topological polar surface area (TPSA) is 67.2 Å². The molecule has 4 rings (SSSR count). The Hall–Kier alpha value is -2.23. The molecule has 0 atom stereocenters. The van der Waals surface area contributed by atoms with Gasteiger partial charge in [0.05, 0.1) is 12.2 Å². The Morgan fingerprint density at radius 3 is 2.39 bits per heavy atom. The van der Waals surface area contributed by atoms with E-state index in [-0.39, 0.29) is 24.0 Å². The molecular weight excluding hydrogens is 503 g/mol. The van der Waals surface area contributed by atoms with Crippen molar-refractivity contribution in [1.82, 2.24) is 15.2 Å². The van der Waals surface area contributed by atoms with Gasteiger partial charge in [-0.3, -0.25) is 0 Å². The number of phenolic OH excluding ortho intramolecular Hbond substituents is 1. The second kappa shape index (κ2) is 11.4. The van der Waals surface area contributed by atoms with E-state index in [1.165, 1.54) is 12.8 Å². The Bertz CT molecular complexity index is 845. The molecule has 0 radical (unpaired) electrons. The number of halogens is 1. The van der Waals surface area contributed by atoms with E-state index in [0.717, 1.165) is 68.8 Å². The van der Waals surface area contributed by atoms with E-state index in [9.17, 15) is 5.11 Å². The van der Waals surface area contributed by atoms with E-state index < -0.39 is 0 Å². The number of benzene rings is 1. The zero-order valence-corrected chi connectivity index (χ0v) is 20.5. The minimum atomic E-state index is 0. The lowest BCUT2D eigenvalue weighted by atomic mass is 10.2. The smallest absolute Gasteiger partial charge is 0.194 e. The number of hydrogen-bond donors (Lipinski definition) is 2. The number of guanidine groups is 1. The second-order valence-corrected chi connectivity index (χ2v) is 7.85. The number of piperazine rings is 1. The van der Waals surface area contributed by atoms with Crippen LogP contribution in [0.15, 0.2) is 47.6 Å². The Morgan fingerprint density at radius 2 is 1.74 bits per heavy atom. The van der Waals surface area contributed by atoms with Crippen LogP contribution in [0.1, 0.15) is 25.3 Å². The number of aromatic hydroxyl groups is 1. The fraction of sp³-hybridized carbons (Fsp3) is 0.478. The molecule has 2 fully saturated rings. The maximum absolute atomic E-state index is 10.1. The molecule has 7 nitrogen and oxygen atoms in total. The molecule has 2 saturated heterocycles. The number of nitrogens with zero attached hydrogens (tertiary/aromatic N) is 5. The summed E-state index contributed by atoms with van der Waals surface area (Å²) >= 11 is 0. The monoisotopic (exact) mass is 536 g/mol. The zero-order chi connectivity index (χ0) is 20.8. The lowest BCUT2D eigenvalue weighted by Gasteiger charge is -2.37. The third-order valence-corrected chi connectivity index (χ3v) is 5.79. The van der Waals surface area contributed by atoms with Crippen LogP contribution in [0, 0.1) is 0 Å². The summed E-state index contributed by atoms with van der Waals surface area (Å²) in [5, 5.41) is 13.5. The van der Waals surface area contributed by atoms with Gasteiger partial charge in [-0.15, -0.1) is 24.0 Å². The van der Waals surface area contributed by atoms with Gasteiger partial charge in [0, 0.05) is 52.0 Å². The molecule has 0 spiro atoms. The molecule has 2 aromatic rings. The summed E-state index contributed by atoms with van der Waals surface area (Å²) < 4.78 is 0. The molecule has 8 heteroatoms. The molecule has 3 heterocycles. The van der Waals surface area contributed by atoms with Gasteiger partial charge in [0.2, 0.25) is 0 Å². The molecule has 1 aromatic heterocycles. The van der Waals surface area contributed by atoms with Gasteiger partial charge in [0.1, 0.15) is 11.6 Å². The van der Waals surface area contributed by atoms with E-state index in [1.807, 2.05) is 24.4 Å². The van der Waals surface area contributed by atoms with Crippen LogP contribution in [0.4, 0.5) is 11.5 Å². The fourth-order valence-electron chi connectivity index (χ4n) is 4.13. The first-order valence-electron chi connectivity index (χ1n) is 11.0. The van der Waals surface area contributed by atoms with Crippen LogP contribution >= 0.6 is 24.0 Å². The van der Waals surface area contributed by atoms with Crippen molar-refractivity contribution in [2.75, 3.05) is 55.6 Å². The SMILES string of the molecule is CCNC(=NCc1ccc(N2CCCC2)nc1)N1CCN(c2ccccc2O)CC1.I. The molecule has 0 aliphatic carbocycles. The molecule has 168 valence electrons. The van der Waals surface area contributed by atoms with Crippen molar-refractivity contribution >= 4 is 41.4 Å². The number of hydrogen-bond acceptors (Lipinski definition) is 5. The summed E-state index contributed by atoms with van der Waals surface area (Å²) in [7, 11) is 0. The van der Waals surface area contributed by atoms with Crippen molar-refractivity contribution in [3.8, 4) is 5.75 Å². The van der Waals surface area contributed by atoms with Gasteiger partial charge < -0.3 is 25.1 Å². The van der Waals surface area contributed by atoms with Gasteiger partial charge in [0.15, 0.2) is 5.96 Å². The molecular formula is C23H33IN6O. The van der Waals surface area contributed by atoms with E-state index in [2.05, 4.69) is 44.1 Å². The minimum absolute atomic E-state index is 0. The Balaban J connectivity index is 0.00000272. The number of aromatic nitrogens is 1. The lowest BCUT2D eigenvalue weighted by Crippen LogP contribution is -2.52. The third kappa shape index (κ3) is 5.93. The minimum Gasteiger partial charge on any atom is -0.506 e. The highest BCUT2D eigenvalue weighted by Gasteiger charge is 2.21. The highest BCUT2D eigenvalue weighted by Crippen LogP contribution is 2.27. The number of pyridine rings is 1. The van der Waals surface area contributed by atoms with Crippen molar-refractivity contribution in [2.24, 2.45) is 4.99 Å². The normalized spacial score (nSPS) is 16.9. The number of para-hydroxylation sites is 2. The molecule has 2 aliphatic rings. The van der Waals surface area contributed by atoms with Crippen LogP contribution in [0.2, 0.25) is 0 Å². The maximum Gasteiger partial charge on any atom is 0.194 e. The van der Waals surface area contributed by atoms with Crippen molar-refractivity contribution in [3.63, 3.8) is 0 Å². The largest absolute Gasteiger partial charge is 0.506 e. The van der Waals surface area contributed by atoms with Crippen molar-refractivity contribution in [1.29, 1.82) is 0 Å². The number of anilines is 2. The molecule has 1 aromatic carbocycles. The van der Waals surface area contributed by atoms with Crippen LogP contribution in [-0.2, 0) is 6.54 Å². The first kappa shape index (κ1) is 23.4. The van der Waals surface area contributed by atoms with Gasteiger partial charge in [-0.1, -0.05) is 18.2 Å². The molecule has 0 saturated carbocycles. The van der Waals surface area contributed by atoms with Gasteiger partial charge in [-0.2, -0.15) is 0 Å². The van der Waals surface area contributed by atoms with Crippen LogP contribution in [0.5, 0.6) is 5.75 Å². The summed E-state index contributed by atoms with van der Waals surface area (Å²) in [6, 6.07) is 11.8. The van der Waals surface area contributed by atoms with Gasteiger partial charge >= 0.3 is 0 Å². The number of rotatable bonds is 5. The first-order chi connectivity index (χ1) is 14.7. The quantitative estimate of drug-likeness (QED) is 0.348. The standard InChI is InChI=1S/C23H32N6O.HI/c1-2-24-23(26-18-19-9-10-22(25-17-19)28-11-5-6-12-28)29-15-13-27(14-16-29)20-7-3-4-8-21(20)30;/h3-4,7-10,17,30H,2,5-6,11-16,18H2,1H3,(H,24,26);1H. The molecule has 2 aliphatic heterocycles. The van der Waals surface area contributed by atoms with Gasteiger partial charge in [0.25, 0.3) is 0 Å². The molecule has 31 heavy (non-hydrogen) atoms. The Kier molecular flexibility index (Phi) is 8.62. The average Bonchev–Trinajstić information content (AvgIpc) is 3.33. The van der Waals surface area contributed by atoms with Crippen molar-refractivity contribution in [2.45, 2.75) is 26.3 Å². The highest BCUT2D eigenvalue weighted by molar-refractivity contribution is 14.0. The second-order valence-electron chi connectivity index (χ2n) is 7.85. The number of nitrogens with one attached hydrogen (secondary N) is 1. The molecule has 2 N–H and O–H groups in total. The van der Waals surface area contributed by atoms with Crippen LogP contribution in [0.25, 0.3) is 0 Å². The highest BCUT2D eigenvalue weighted by atomic mass is 127. The van der Waals surface area contributed by atoms with Crippen molar-refractivity contribution in [3.05, 3.63) is 48.2 Å². The number of aliphatic imine (C=N–C) groups is 1. The third-order valence-electron chi connectivity index (χ3n) is 5.79. The summed E-state index contributed by atoms with van der Waals surface area (Å²) in [6.07, 6.45) is 4.48. The van der Waals surface area contributed by atoms with E-state index >= 15 is 0 Å². The molecule has 0 bridgehead atoms. The van der Waals surface area contributed by atoms with Gasteiger partial charge in [-0.05, 0) is 43.5 Å². The summed E-state index contributed by atoms with van der Waals surface area (Å²) in [4.78, 5) is 16.4. The average molecular weight is 536 g/mol. The van der Waals surface area contributed by atoms with E-state index in [1.54, 1.807) is 6.07 Å². The van der Waals surface area contributed by atoms with Gasteiger partial charge in [-0.25, -0.2) is 9.98 Å². The van der Waals surface area contributed by atoms with E-state index in [4.69, 9.17) is 4.99 Å². The summed E-state index contributed by atoms with van der Waals surface area (Å²) in [6.45, 7) is 9.23. The lowest BCUT2D eigenvalue weighted by molar-refractivity contribution is 0.369. The zero-order valence-electron chi connectivity index (χ0n) is 18.2. The maximum atomic E-state index is 10.1. The predicted octanol–water partition coefficient (Wildman–Crippen LogP) is 3.29. The molecule has 0 unspecified atom stereocenters. The van der Waals surface area contributed by atoms with Crippen molar-refractivity contribution < 1.29 is 5.11 Å². The van der Waals surface area contributed by atoms with Crippen LogP contribution in [-0.4, -0.2) is 66.8 Å². The van der Waals surface area contributed by atoms with Crippen LogP contribution in [0.3, 0.4) is 0 Å².